The molecule has 0 aliphatic carbocycles. The normalized spacial score (nSPS) is 11.3. The van der Waals surface area contributed by atoms with Gasteiger partial charge in [0.25, 0.3) is 0 Å². The van der Waals surface area contributed by atoms with Crippen molar-refractivity contribution in [1.29, 1.82) is 0 Å². The topological polar surface area (TPSA) is 43.6 Å². The smallest absolute Gasteiger partial charge is 0.164 e. The maximum absolute atomic E-state index is 4.97. The summed E-state index contributed by atoms with van der Waals surface area (Å²) in [6.07, 6.45) is 0. The summed E-state index contributed by atoms with van der Waals surface area (Å²) in [6.45, 7) is 0. The van der Waals surface area contributed by atoms with Gasteiger partial charge in [0.15, 0.2) is 17.5 Å². The average molecular weight is 627 g/mol. The zero-order valence-corrected chi connectivity index (χ0v) is 26.6. The van der Waals surface area contributed by atoms with E-state index in [2.05, 4.69) is 150 Å². The lowest BCUT2D eigenvalue weighted by atomic mass is 10.0. The Bertz CT molecular complexity index is 2500. The van der Waals surface area contributed by atoms with E-state index < -0.39 is 0 Å². The molecule has 0 bridgehead atoms. The number of hydrogen-bond donors (Lipinski definition) is 0. The molecule has 0 unspecified atom stereocenters. The van der Waals surface area contributed by atoms with Crippen LogP contribution in [0, 0.1) is 0 Å². The first-order chi connectivity index (χ1) is 24.3. The summed E-state index contributed by atoms with van der Waals surface area (Å²) >= 11 is 0. The van der Waals surface area contributed by atoms with Gasteiger partial charge in [0.1, 0.15) is 0 Å². The second-order valence-electron chi connectivity index (χ2n) is 12.1. The minimum Gasteiger partial charge on any atom is -0.309 e. The van der Waals surface area contributed by atoms with Crippen molar-refractivity contribution in [1.82, 2.24) is 19.5 Å². The summed E-state index contributed by atoms with van der Waals surface area (Å²) in [7, 11) is 0. The van der Waals surface area contributed by atoms with Crippen LogP contribution in [-0.2, 0) is 0 Å². The number of aromatic nitrogens is 4. The second-order valence-corrected chi connectivity index (χ2v) is 12.1. The average Bonchev–Trinajstić information content (AvgIpc) is 3.53. The van der Waals surface area contributed by atoms with Gasteiger partial charge in [0.2, 0.25) is 0 Å². The van der Waals surface area contributed by atoms with Crippen LogP contribution in [0.1, 0.15) is 0 Å². The van der Waals surface area contributed by atoms with Crippen LogP contribution in [0.15, 0.2) is 182 Å². The van der Waals surface area contributed by atoms with Crippen molar-refractivity contribution in [3.05, 3.63) is 182 Å². The molecule has 0 N–H and O–H groups in total. The molecule has 2 aromatic heterocycles. The van der Waals surface area contributed by atoms with Gasteiger partial charge in [-0.25, -0.2) is 15.0 Å². The molecule has 0 aliphatic rings. The quantitative estimate of drug-likeness (QED) is 0.184. The summed E-state index contributed by atoms with van der Waals surface area (Å²) in [5, 5.41) is 2.53. The van der Waals surface area contributed by atoms with Gasteiger partial charge >= 0.3 is 0 Å². The van der Waals surface area contributed by atoms with E-state index in [1.807, 2.05) is 36.4 Å². The highest BCUT2D eigenvalue weighted by Crippen LogP contribution is 2.33. The van der Waals surface area contributed by atoms with Crippen molar-refractivity contribution >= 4 is 21.8 Å². The molecule has 0 aliphatic heterocycles. The molecule has 0 fully saturated rings. The van der Waals surface area contributed by atoms with Crippen LogP contribution in [0.25, 0.3) is 83.9 Å². The summed E-state index contributed by atoms with van der Waals surface area (Å²) in [5.74, 6) is 1.94. The van der Waals surface area contributed by atoms with Crippen molar-refractivity contribution < 1.29 is 0 Å². The first-order valence-electron chi connectivity index (χ1n) is 16.5. The lowest BCUT2D eigenvalue weighted by Gasteiger charge is -2.11. The van der Waals surface area contributed by atoms with E-state index in [4.69, 9.17) is 15.0 Å². The molecular formula is C45H30N4. The Morgan fingerprint density at radius 1 is 0.265 bits per heavy atom. The van der Waals surface area contributed by atoms with E-state index in [0.717, 1.165) is 39.1 Å². The van der Waals surface area contributed by atoms with Crippen molar-refractivity contribution in [2.75, 3.05) is 0 Å². The van der Waals surface area contributed by atoms with E-state index in [-0.39, 0.29) is 0 Å². The standard InChI is InChI=1S/C45H30N4/c1-3-11-31(12-4-1)32-19-23-36(24-20-32)44-46-43(35-13-5-2-6-14-35)47-45(48-44)37-25-21-33(22-26-37)34-27-29-38(30-28-34)49-41-17-9-7-15-39(41)40-16-8-10-18-42(40)49/h1-30H. The maximum Gasteiger partial charge on any atom is 0.164 e. The molecule has 0 atom stereocenters. The summed E-state index contributed by atoms with van der Waals surface area (Å²) < 4.78 is 2.34. The van der Waals surface area contributed by atoms with Crippen molar-refractivity contribution in [3.63, 3.8) is 0 Å². The molecule has 9 aromatic rings. The fraction of sp³-hybridized carbons (Fsp3) is 0. The lowest BCUT2D eigenvalue weighted by Crippen LogP contribution is -2.00. The molecule has 0 radical (unpaired) electrons. The van der Waals surface area contributed by atoms with Gasteiger partial charge in [0.05, 0.1) is 11.0 Å². The molecule has 4 nitrogen and oxygen atoms in total. The Balaban J connectivity index is 1.05. The fourth-order valence-corrected chi connectivity index (χ4v) is 6.61. The summed E-state index contributed by atoms with van der Waals surface area (Å²) in [4.78, 5) is 14.8. The highest BCUT2D eigenvalue weighted by Gasteiger charge is 2.14. The van der Waals surface area contributed by atoms with Gasteiger partial charge in [-0.15, -0.1) is 0 Å². The number of benzene rings is 7. The maximum atomic E-state index is 4.97. The van der Waals surface area contributed by atoms with Gasteiger partial charge in [-0.2, -0.15) is 0 Å². The zero-order chi connectivity index (χ0) is 32.6. The number of rotatable bonds is 6. The van der Waals surface area contributed by atoms with E-state index in [1.165, 1.54) is 27.4 Å². The van der Waals surface area contributed by atoms with Gasteiger partial charge < -0.3 is 4.57 Å². The van der Waals surface area contributed by atoms with E-state index in [1.54, 1.807) is 0 Å². The van der Waals surface area contributed by atoms with Gasteiger partial charge in [0, 0.05) is 33.2 Å². The first-order valence-corrected chi connectivity index (χ1v) is 16.5. The van der Waals surface area contributed by atoms with Gasteiger partial charge in [-0.3, -0.25) is 0 Å². The number of para-hydroxylation sites is 2. The molecule has 7 aromatic carbocycles. The van der Waals surface area contributed by atoms with E-state index in [9.17, 15) is 0 Å². The summed E-state index contributed by atoms with van der Waals surface area (Å²) in [6, 6.07) is 63.4. The third-order valence-electron chi connectivity index (χ3n) is 9.10. The monoisotopic (exact) mass is 626 g/mol. The number of hydrogen-bond acceptors (Lipinski definition) is 3. The van der Waals surface area contributed by atoms with Crippen LogP contribution in [0.5, 0.6) is 0 Å². The third kappa shape index (κ3) is 5.35. The Morgan fingerprint density at radius 2 is 0.571 bits per heavy atom. The molecule has 0 amide bonds. The fourth-order valence-electron chi connectivity index (χ4n) is 6.61. The summed E-state index contributed by atoms with van der Waals surface area (Å²) in [5.41, 5.74) is 11.0. The van der Waals surface area contributed by atoms with Crippen molar-refractivity contribution in [2.24, 2.45) is 0 Å². The molecule has 9 rings (SSSR count). The van der Waals surface area contributed by atoms with Crippen molar-refractivity contribution in [2.45, 2.75) is 0 Å². The second kappa shape index (κ2) is 12.2. The molecule has 49 heavy (non-hydrogen) atoms. The van der Waals surface area contributed by atoms with Crippen LogP contribution in [0.4, 0.5) is 0 Å². The minimum atomic E-state index is 0.643. The van der Waals surface area contributed by atoms with Crippen LogP contribution >= 0.6 is 0 Å². The molecule has 230 valence electrons. The molecule has 4 heteroatoms. The minimum absolute atomic E-state index is 0.643. The molecule has 2 heterocycles. The largest absolute Gasteiger partial charge is 0.309 e. The number of nitrogens with zero attached hydrogens (tertiary/aromatic N) is 4. The van der Waals surface area contributed by atoms with E-state index >= 15 is 0 Å². The van der Waals surface area contributed by atoms with Crippen LogP contribution in [-0.4, -0.2) is 19.5 Å². The Morgan fingerprint density at radius 3 is 1.02 bits per heavy atom. The SMILES string of the molecule is c1ccc(-c2ccc(-c3nc(-c4ccccc4)nc(-c4ccc(-c5ccc(-n6c7ccccc7c7ccccc76)cc5)cc4)n3)cc2)cc1. The van der Waals surface area contributed by atoms with Gasteiger partial charge in [-0.1, -0.05) is 158 Å². The predicted molar refractivity (Wildman–Crippen MR) is 201 cm³/mol. The van der Waals surface area contributed by atoms with Gasteiger partial charge in [-0.05, 0) is 46.5 Å². The molecule has 0 spiro atoms. The molecule has 0 saturated heterocycles. The lowest BCUT2D eigenvalue weighted by molar-refractivity contribution is 1.07. The zero-order valence-electron chi connectivity index (χ0n) is 26.6. The molecule has 0 saturated carbocycles. The highest BCUT2D eigenvalue weighted by atomic mass is 15.0. The van der Waals surface area contributed by atoms with Crippen LogP contribution in [0.2, 0.25) is 0 Å². The van der Waals surface area contributed by atoms with Crippen LogP contribution < -0.4 is 0 Å². The van der Waals surface area contributed by atoms with Crippen molar-refractivity contribution in [3.8, 4) is 62.1 Å². The Hall–Kier alpha value is -6.65. The molecular weight excluding hydrogens is 597 g/mol. The first kappa shape index (κ1) is 28.6. The predicted octanol–water partition coefficient (Wildman–Crippen LogP) is 11.3. The Kier molecular flexibility index (Phi) is 7.10. The van der Waals surface area contributed by atoms with Crippen LogP contribution in [0.3, 0.4) is 0 Å². The Labute approximate surface area is 284 Å². The highest BCUT2D eigenvalue weighted by molar-refractivity contribution is 6.09. The van der Waals surface area contributed by atoms with E-state index in [0.29, 0.717) is 17.5 Å². The number of fused-ring (bicyclic) bond motifs is 3. The third-order valence-corrected chi connectivity index (χ3v) is 9.10.